The smallest absolute Gasteiger partial charge is 0.202 e. The molecule has 3 heteroatoms. The maximum absolute atomic E-state index is 4.34. The van der Waals surface area contributed by atoms with Crippen molar-refractivity contribution in [1.82, 2.24) is 9.55 Å². The van der Waals surface area contributed by atoms with E-state index in [9.17, 15) is 0 Å². The molecule has 0 atom stereocenters. The van der Waals surface area contributed by atoms with Gasteiger partial charge in [-0.3, -0.25) is 0 Å². The molecule has 1 heterocycles. The molecular formula is C14H25N3. The predicted molar refractivity (Wildman–Crippen MR) is 72.1 cm³/mol. The molecule has 1 N–H and O–H groups in total. The average Bonchev–Trinajstić information content (AvgIpc) is 2.87. The summed E-state index contributed by atoms with van der Waals surface area (Å²) in [5, 5.41) is 3.17. The van der Waals surface area contributed by atoms with E-state index in [4.69, 9.17) is 0 Å². The fourth-order valence-corrected chi connectivity index (χ4v) is 3.44. The van der Waals surface area contributed by atoms with Crippen molar-refractivity contribution in [3.8, 4) is 0 Å². The molecule has 0 amide bonds. The standard InChI is InChI=1S/C14H25N3/c1-12(2)10-14(6-4-5-7-14)11-17-9-8-16-13(17)15-3/h8-9,12H,4-7,10-11H2,1-3H3,(H,15,16). The summed E-state index contributed by atoms with van der Waals surface area (Å²) in [6, 6.07) is 0. The summed E-state index contributed by atoms with van der Waals surface area (Å²) in [6.45, 7) is 5.81. The maximum atomic E-state index is 4.34. The third kappa shape index (κ3) is 2.82. The van der Waals surface area contributed by atoms with E-state index in [0.717, 1.165) is 18.4 Å². The Morgan fingerprint density at radius 1 is 1.41 bits per heavy atom. The first-order valence-electron chi connectivity index (χ1n) is 6.84. The van der Waals surface area contributed by atoms with Crippen LogP contribution in [-0.4, -0.2) is 16.6 Å². The molecule has 1 aliphatic carbocycles. The number of aromatic nitrogens is 2. The first-order valence-corrected chi connectivity index (χ1v) is 6.84. The number of hydrogen-bond donors (Lipinski definition) is 1. The highest BCUT2D eigenvalue weighted by Gasteiger charge is 2.35. The summed E-state index contributed by atoms with van der Waals surface area (Å²) >= 11 is 0. The van der Waals surface area contributed by atoms with Gasteiger partial charge in [0.05, 0.1) is 0 Å². The Hall–Kier alpha value is -0.990. The molecule has 96 valence electrons. The van der Waals surface area contributed by atoms with Crippen LogP contribution in [0.4, 0.5) is 5.95 Å². The monoisotopic (exact) mass is 235 g/mol. The van der Waals surface area contributed by atoms with E-state index in [1.165, 1.54) is 32.1 Å². The van der Waals surface area contributed by atoms with Crippen molar-refractivity contribution in [1.29, 1.82) is 0 Å². The third-order valence-electron chi connectivity index (χ3n) is 3.95. The number of nitrogens with zero attached hydrogens (tertiary/aromatic N) is 2. The number of hydrogen-bond acceptors (Lipinski definition) is 2. The molecule has 1 aromatic heterocycles. The fourth-order valence-electron chi connectivity index (χ4n) is 3.44. The molecule has 1 fully saturated rings. The van der Waals surface area contributed by atoms with Crippen molar-refractivity contribution in [3.63, 3.8) is 0 Å². The number of rotatable bonds is 5. The van der Waals surface area contributed by atoms with Crippen molar-refractivity contribution in [2.45, 2.75) is 52.5 Å². The van der Waals surface area contributed by atoms with E-state index >= 15 is 0 Å². The maximum Gasteiger partial charge on any atom is 0.202 e. The van der Waals surface area contributed by atoms with Crippen molar-refractivity contribution in [3.05, 3.63) is 12.4 Å². The molecule has 0 saturated heterocycles. The molecular weight excluding hydrogens is 210 g/mol. The van der Waals surface area contributed by atoms with Crippen LogP contribution in [0, 0.1) is 11.3 Å². The molecule has 0 bridgehead atoms. The Bertz CT molecular complexity index is 348. The van der Waals surface area contributed by atoms with Crippen molar-refractivity contribution in [2.24, 2.45) is 11.3 Å². The lowest BCUT2D eigenvalue weighted by Crippen LogP contribution is -2.26. The van der Waals surface area contributed by atoms with Gasteiger partial charge in [-0.15, -0.1) is 0 Å². The first-order chi connectivity index (χ1) is 8.15. The molecule has 1 saturated carbocycles. The first kappa shape index (κ1) is 12.5. The van der Waals surface area contributed by atoms with E-state index in [-0.39, 0.29) is 0 Å². The average molecular weight is 235 g/mol. The summed E-state index contributed by atoms with van der Waals surface area (Å²) < 4.78 is 2.29. The highest BCUT2D eigenvalue weighted by molar-refractivity contribution is 5.24. The van der Waals surface area contributed by atoms with Crippen LogP contribution in [0.2, 0.25) is 0 Å². The van der Waals surface area contributed by atoms with E-state index in [0.29, 0.717) is 5.41 Å². The van der Waals surface area contributed by atoms with Crippen LogP contribution in [0.25, 0.3) is 0 Å². The summed E-state index contributed by atoms with van der Waals surface area (Å²) in [5.41, 5.74) is 0.514. The second-order valence-electron chi connectivity index (χ2n) is 5.93. The van der Waals surface area contributed by atoms with Gasteiger partial charge in [0.2, 0.25) is 5.95 Å². The summed E-state index contributed by atoms with van der Waals surface area (Å²) in [4.78, 5) is 4.34. The minimum Gasteiger partial charge on any atom is -0.359 e. The summed E-state index contributed by atoms with van der Waals surface area (Å²) in [5.74, 6) is 1.79. The Balaban J connectivity index is 2.12. The van der Waals surface area contributed by atoms with Gasteiger partial charge in [-0.1, -0.05) is 26.7 Å². The van der Waals surface area contributed by atoms with Gasteiger partial charge < -0.3 is 9.88 Å². The lowest BCUT2D eigenvalue weighted by atomic mass is 9.78. The zero-order chi connectivity index (χ0) is 12.3. The highest BCUT2D eigenvalue weighted by Crippen LogP contribution is 2.44. The molecule has 0 aromatic carbocycles. The molecule has 1 aliphatic rings. The van der Waals surface area contributed by atoms with Gasteiger partial charge in [0, 0.05) is 26.0 Å². The molecule has 0 aliphatic heterocycles. The summed E-state index contributed by atoms with van der Waals surface area (Å²) in [6.07, 6.45) is 10.9. The lowest BCUT2D eigenvalue weighted by molar-refractivity contribution is 0.198. The van der Waals surface area contributed by atoms with Crippen molar-refractivity contribution < 1.29 is 0 Å². The van der Waals surface area contributed by atoms with Crippen LogP contribution in [0.15, 0.2) is 12.4 Å². The topological polar surface area (TPSA) is 29.9 Å². The highest BCUT2D eigenvalue weighted by atomic mass is 15.2. The van der Waals surface area contributed by atoms with Gasteiger partial charge in [0.25, 0.3) is 0 Å². The normalized spacial score (nSPS) is 18.8. The van der Waals surface area contributed by atoms with Crippen LogP contribution in [0.1, 0.15) is 46.0 Å². The number of imidazole rings is 1. The predicted octanol–water partition coefficient (Wildman–Crippen LogP) is 3.53. The fraction of sp³-hybridized carbons (Fsp3) is 0.786. The van der Waals surface area contributed by atoms with E-state index < -0.39 is 0 Å². The molecule has 0 unspecified atom stereocenters. The van der Waals surface area contributed by atoms with E-state index in [2.05, 4.69) is 34.9 Å². The lowest BCUT2D eigenvalue weighted by Gasteiger charge is -2.31. The van der Waals surface area contributed by atoms with Crippen LogP contribution < -0.4 is 5.32 Å². The number of nitrogens with one attached hydrogen (secondary N) is 1. The molecule has 2 rings (SSSR count). The van der Waals surface area contributed by atoms with Gasteiger partial charge in [-0.25, -0.2) is 4.98 Å². The van der Waals surface area contributed by atoms with Gasteiger partial charge in [0.1, 0.15) is 0 Å². The molecule has 0 radical (unpaired) electrons. The number of anilines is 1. The second-order valence-corrected chi connectivity index (χ2v) is 5.93. The second kappa shape index (κ2) is 5.11. The summed E-state index contributed by atoms with van der Waals surface area (Å²) in [7, 11) is 1.95. The zero-order valence-corrected chi connectivity index (χ0v) is 11.4. The Morgan fingerprint density at radius 2 is 2.12 bits per heavy atom. The zero-order valence-electron chi connectivity index (χ0n) is 11.4. The minimum absolute atomic E-state index is 0.514. The van der Waals surface area contributed by atoms with E-state index in [1.807, 2.05) is 13.2 Å². The van der Waals surface area contributed by atoms with Crippen LogP contribution >= 0.6 is 0 Å². The van der Waals surface area contributed by atoms with Crippen molar-refractivity contribution in [2.75, 3.05) is 12.4 Å². The van der Waals surface area contributed by atoms with Gasteiger partial charge >= 0.3 is 0 Å². The Kier molecular flexibility index (Phi) is 3.75. The Morgan fingerprint density at radius 3 is 2.71 bits per heavy atom. The third-order valence-corrected chi connectivity index (χ3v) is 3.95. The molecule has 1 aromatic rings. The van der Waals surface area contributed by atoms with E-state index in [1.54, 1.807) is 0 Å². The molecule has 17 heavy (non-hydrogen) atoms. The van der Waals surface area contributed by atoms with Crippen LogP contribution in [-0.2, 0) is 6.54 Å². The van der Waals surface area contributed by atoms with Gasteiger partial charge in [-0.05, 0) is 30.6 Å². The Labute approximate surface area is 105 Å². The van der Waals surface area contributed by atoms with Crippen LogP contribution in [0.3, 0.4) is 0 Å². The minimum atomic E-state index is 0.514. The van der Waals surface area contributed by atoms with Gasteiger partial charge in [0.15, 0.2) is 0 Å². The van der Waals surface area contributed by atoms with Gasteiger partial charge in [-0.2, -0.15) is 0 Å². The largest absolute Gasteiger partial charge is 0.359 e. The quantitative estimate of drug-likeness (QED) is 0.846. The van der Waals surface area contributed by atoms with Crippen LogP contribution in [0.5, 0.6) is 0 Å². The van der Waals surface area contributed by atoms with Crippen molar-refractivity contribution >= 4 is 5.95 Å². The SMILES string of the molecule is CNc1nccn1CC1(CC(C)C)CCCC1. The molecule has 3 nitrogen and oxygen atoms in total. The molecule has 0 spiro atoms.